The number of nitrogens with zero attached hydrogens (tertiary/aromatic N) is 1. The summed E-state index contributed by atoms with van der Waals surface area (Å²) in [5.41, 5.74) is 5.96. The van der Waals surface area contributed by atoms with E-state index in [9.17, 15) is 0 Å². The number of fused-ring (bicyclic) bond motifs is 1. The SMILES string of the molecule is CN1CC[C@@H]2C[C@@H](N)CC[C@@H]2C1. The van der Waals surface area contributed by atoms with Crippen molar-refractivity contribution < 1.29 is 0 Å². The van der Waals surface area contributed by atoms with Crippen molar-refractivity contribution in [3.8, 4) is 0 Å². The molecule has 0 unspecified atom stereocenters. The zero-order chi connectivity index (χ0) is 8.55. The molecular formula is C10H20N2. The molecular weight excluding hydrogens is 148 g/mol. The molecule has 2 aliphatic rings. The van der Waals surface area contributed by atoms with Crippen molar-refractivity contribution in [2.75, 3.05) is 20.1 Å². The van der Waals surface area contributed by atoms with E-state index in [-0.39, 0.29) is 0 Å². The number of likely N-dealkylation sites (tertiary alicyclic amines) is 1. The molecule has 0 radical (unpaired) electrons. The highest BCUT2D eigenvalue weighted by molar-refractivity contribution is 4.86. The van der Waals surface area contributed by atoms with Crippen LogP contribution in [0.5, 0.6) is 0 Å². The van der Waals surface area contributed by atoms with Crippen LogP contribution in [-0.2, 0) is 0 Å². The molecule has 3 atom stereocenters. The molecule has 12 heavy (non-hydrogen) atoms. The molecule has 0 spiro atoms. The Balaban J connectivity index is 1.94. The van der Waals surface area contributed by atoms with Crippen molar-refractivity contribution in [2.45, 2.75) is 31.7 Å². The number of rotatable bonds is 0. The fraction of sp³-hybridized carbons (Fsp3) is 1.00. The minimum Gasteiger partial charge on any atom is -0.328 e. The van der Waals surface area contributed by atoms with Crippen molar-refractivity contribution in [3.05, 3.63) is 0 Å². The summed E-state index contributed by atoms with van der Waals surface area (Å²) in [4.78, 5) is 2.47. The molecule has 2 fully saturated rings. The zero-order valence-electron chi connectivity index (χ0n) is 8.00. The van der Waals surface area contributed by atoms with Gasteiger partial charge >= 0.3 is 0 Å². The second kappa shape index (κ2) is 3.35. The molecule has 0 amide bonds. The molecule has 2 heteroatoms. The van der Waals surface area contributed by atoms with Crippen molar-refractivity contribution in [3.63, 3.8) is 0 Å². The van der Waals surface area contributed by atoms with Gasteiger partial charge in [0, 0.05) is 12.6 Å². The quantitative estimate of drug-likeness (QED) is 0.586. The molecule has 2 N–H and O–H groups in total. The van der Waals surface area contributed by atoms with E-state index in [0.717, 1.165) is 11.8 Å². The third-order valence-corrected chi connectivity index (χ3v) is 3.61. The predicted octanol–water partition coefficient (Wildman–Crippen LogP) is 1.07. The highest BCUT2D eigenvalue weighted by Gasteiger charge is 2.32. The average molecular weight is 168 g/mol. The molecule has 2 rings (SSSR count). The Morgan fingerprint density at radius 3 is 2.83 bits per heavy atom. The van der Waals surface area contributed by atoms with Crippen LogP contribution in [-0.4, -0.2) is 31.1 Å². The first kappa shape index (κ1) is 8.52. The maximum Gasteiger partial charge on any atom is 0.00416 e. The van der Waals surface area contributed by atoms with E-state index >= 15 is 0 Å². The van der Waals surface area contributed by atoms with E-state index in [1.165, 1.54) is 38.8 Å². The number of hydrogen-bond donors (Lipinski definition) is 1. The minimum absolute atomic E-state index is 0.509. The third-order valence-electron chi connectivity index (χ3n) is 3.61. The first-order chi connectivity index (χ1) is 5.75. The lowest BCUT2D eigenvalue weighted by molar-refractivity contribution is 0.0968. The summed E-state index contributed by atoms with van der Waals surface area (Å²) in [5.74, 6) is 1.91. The first-order valence-electron chi connectivity index (χ1n) is 5.20. The zero-order valence-corrected chi connectivity index (χ0v) is 8.00. The standard InChI is InChI=1S/C10H20N2/c1-12-5-4-8-6-10(11)3-2-9(8)7-12/h8-10H,2-7,11H2,1H3/t8-,9-,10+/m1/s1. The lowest BCUT2D eigenvalue weighted by atomic mass is 9.73. The van der Waals surface area contributed by atoms with E-state index in [4.69, 9.17) is 5.73 Å². The average Bonchev–Trinajstić information content (AvgIpc) is 2.05. The summed E-state index contributed by atoms with van der Waals surface area (Å²) in [6.45, 7) is 2.60. The molecule has 0 bridgehead atoms. The smallest absolute Gasteiger partial charge is 0.00416 e. The van der Waals surface area contributed by atoms with Gasteiger partial charge in [-0.1, -0.05) is 0 Å². The summed E-state index contributed by atoms with van der Waals surface area (Å²) in [7, 11) is 2.24. The summed E-state index contributed by atoms with van der Waals surface area (Å²) in [5, 5.41) is 0. The monoisotopic (exact) mass is 168 g/mol. The molecule has 1 aliphatic carbocycles. The Bertz CT molecular complexity index is 140. The van der Waals surface area contributed by atoms with Gasteiger partial charge in [-0.25, -0.2) is 0 Å². The Labute approximate surface area is 75.1 Å². The van der Waals surface area contributed by atoms with Crippen LogP contribution in [0.1, 0.15) is 25.7 Å². The second-order valence-electron chi connectivity index (χ2n) is 4.64. The first-order valence-corrected chi connectivity index (χ1v) is 5.20. The topological polar surface area (TPSA) is 29.3 Å². The van der Waals surface area contributed by atoms with Gasteiger partial charge in [-0.3, -0.25) is 0 Å². The molecule has 1 aliphatic heterocycles. The van der Waals surface area contributed by atoms with Gasteiger partial charge in [-0.15, -0.1) is 0 Å². The van der Waals surface area contributed by atoms with Crippen LogP contribution in [0.4, 0.5) is 0 Å². The third kappa shape index (κ3) is 1.64. The van der Waals surface area contributed by atoms with Crippen molar-refractivity contribution >= 4 is 0 Å². The molecule has 1 saturated carbocycles. The maximum atomic E-state index is 5.96. The van der Waals surface area contributed by atoms with Crippen LogP contribution in [0.15, 0.2) is 0 Å². The van der Waals surface area contributed by atoms with Gasteiger partial charge in [0.05, 0.1) is 0 Å². The molecule has 2 nitrogen and oxygen atoms in total. The van der Waals surface area contributed by atoms with Crippen LogP contribution >= 0.6 is 0 Å². The summed E-state index contributed by atoms with van der Waals surface area (Å²) in [6.07, 6.45) is 5.30. The normalized spacial score (nSPS) is 44.0. The van der Waals surface area contributed by atoms with Crippen LogP contribution in [0.25, 0.3) is 0 Å². The predicted molar refractivity (Wildman–Crippen MR) is 50.9 cm³/mol. The molecule has 70 valence electrons. The molecule has 0 aromatic carbocycles. The lowest BCUT2D eigenvalue weighted by Gasteiger charge is -2.41. The highest BCUT2D eigenvalue weighted by atomic mass is 15.1. The molecule has 0 aromatic heterocycles. The van der Waals surface area contributed by atoms with E-state index in [0.29, 0.717) is 6.04 Å². The molecule has 1 heterocycles. The van der Waals surface area contributed by atoms with Gasteiger partial charge in [0.2, 0.25) is 0 Å². The second-order valence-corrected chi connectivity index (χ2v) is 4.64. The molecule has 1 saturated heterocycles. The van der Waals surface area contributed by atoms with E-state index in [2.05, 4.69) is 11.9 Å². The highest BCUT2D eigenvalue weighted by Crippen LogP contribution is 2.34. The van der Waals surface area contributed by atoms with Crippen LogP contribution in [0.2, 0.25) is 0 Å². The van der Waals surface area contributed by atoms with E-state index in [1.807, 2.05) is 0 Å². The van der Waals surface area contributed by atoms with Crippen LogP contribution < -0.4 is 5.73 Å². The largest absolute Gasteiger partial charge is 0.328 e. The van der Waals surface area contributed by atoms with Gasteiger partial charge in [-0.05, 0) is 51.1 Å². The van der Waals surface area contributed by atoms with Crippen LogP contribution in [0.3, 0.4) is 0 Å². The van der Waals surface area contributed by atoms with Crippen molar-refractivity contribution in [1.82, 2.24) is 4.90 Å². The summed E-state index contributed by atoms with van der Waals surface area (Å²) < 4.78 is 0. The summed E-state index contributed by atoms with van der Waals surface area (Å²) in [6, 6.07) is 0.509. The Kier molecular flexibility index (Phi) is 2.37. The number of piperidine rings is 1. The fourth-order valence-electron chi connectivity index (χ4n) is 2.83. The minimum atomic E-state index is 0.509. The lowest BCUT2D eigenvalue weighted by Crippen LogP contribution is -2.43. The van der Waals surface area contributed by atoms with E-state index < -0.39 is 0 Å². The Morgan fingerprint density at radius 1 is 1.17 bits per heavy atom. The van der Waals surface area contributed by atoms with Gasteiger partial charge in [-0.2, -0.15) is 0 Å². The molecule has 0 aromatic rings. The van der Waals surface area contributed by atoms with Gasteiger partial charge in [0.25, 0.3) is 0 Å². The van der Waals surface area contributed by atoms with Gasteiger partial charge in [0.1, 0.15) is 0 Å². The number of hydrogen-bond acceptors (Lipinski definition) is 2. The Hall–Kier alpha value is -0.0800. The fourth-order valence-corrected chi connectivity index (χ4v) is 2.83. The maximum absolute atomic E-state index is 5.96. The van der Waals surface area contributed by atoms with Crippen molar-refractivity contribution in [2.24, 2.45) is 17.6 Å². The summed E-state index contributed by atoms with van der Waals surface area (Å²) >= 11 is 0. The van der Waals surface area contributed by atoms with Gasteiger partial charge < -0.3 is 10.6 Å². The van der Waals surface area contributed by atoms with Crippen molar-refractivity contribution in [1.29, 1.82) is 0 Å². The number of nitrogens with two attached hydrogens (primary N) is 1. The Morgan fingerprint density at radius 2 is 2.00 bits per heavy atom. The van der Waals surface area contributed by atoms with Gasteiger partial charge in [0.15, 0.2) is 0 Å². The van der Waals surface area contributed by atoms with Crippen LogP contribution in [0, 0.1) is 11.8 Å². The van der Waals surface area contributed by atoms with E-state index in [1.54, 1.807) is 0 Å².